The predicted molar refractivity (Wildman–Crippen MR) is 66.0 cm³/mol. The summed E-state index contributed by atoms with van der Waals surface area (Å²) in [6.45, 7) is 3.44. The van der Waals surface area contributed by atoms with Crippen LogP contribution in [0.1, 0.15) is 16.0 Å². The summed E-state index contributed by atoms with van der Waals surface area (Å²) >= 11 is 1.74. The molecule has 0 aliphatic rings. The van der Waals surface area contributed by atoms with Crippen molar-refractivity contribution in [1.29, 1.82) is 0 Å². The molecule has 0 radical (unpaired) electrons. The molecule has 0 saturated carbocycles. The average molecular weight is 235 g/mol. The highest BCUT2D eigenvalue weighted by Crippen LogP contribution is 2.10. The van der Waals surface area contributed by atoms with Crippen LogP contribution in [0, 0.1) is 12.7 Å². The number of halogens is 1. The number of nitrogens with one attached hydrogen (secondary N) is 1. The zero-order valence-corrected chi connectivity index (χ0v) is 9.98. The lowest BCUT2D eigenvalue weighted by Gasteiger charge is -2.05. The van der Waals surface area contributed by atoms with Gasteiger partial charge in [0, 0.05) is 18.0 Å². The fraction of sp³-hybridized carbons (Fsp3) is 0.231. The standard InChI is InChI=1S/C13H14FNS/c1-10-7-11(4-5-13(10)14)8-15-9-12-3-2-6-16-12/h2-7,15H,8-9H2,1H3. The first kappa shape index (κ1) is 11.3. The molecule has 0 spiro atoms. The fourth-order valence-corrected chi connectivity index (χ4v) is 2.23. The van der Waals surface area contributed by atoms with Gasteiger partial charge >= 0.3 is 0 Å². The number of hydrogen-bond donors (Lipinski definition) is 1. The Morgan fingerprint density at radius 3 is 2.81 bits per heavy atom. The summed E-state index contributed by atoms with van der Waals surface area (Å²) in [4.78, 5) is 1.32. The molecule has 3 heteroatoms. The van der Waals surface area contributed by atoms with Crippen molar-refractivity contribution in [2.45, 2.75) is 20.0 Å². The van der Waals surface area contributed by atoms with Gasteiger partial charge < -0.3 is 5.32 Å². The van der Waals surface area contributed by atoms with Crippen molar-refractivity contribution >= 4 is 11.3 Å². The molecule has 0 aliphatic heterocycles. The van der Waals surface area contributed by atoms with Crippen LogP contribution in [0.5, 0.6) is 0 Å². The molecule has 2 aromatic rings. The first-order valence-electron chi connectivity index (χ1n) is 5.24. The Bertz CT molecular complexity index is 451. The maximum Gasteiger partial charge on any atom is 0.126 e. The van der Waals surface area contributed by atoms with Gasteiger partial charge in [0.2, 0.25) is 0 Å². The molecule has 2 rings (SSSR count). The van der Waals surface area contributed by atoms with Gasteiger partial charge in [-0.25, -0.2) is 4.39 Å². The molecule has 0 bridgehead atoms. The Kier molecular flexibility index (Phi) is 3.70. The molecular formula is C13H14FNS. The Morgan fingerprint density at radius 2 is 2.12 bits per heavy atom. The van der Waals surface area contributed by atoms with Gasteiger partial charge in [-0.2, -0.15) is 0 Å². The highest BCUT2D eigenvalue weighted by atomic mass is 32.1. The molecule has 0 unspecified atom stereocenters. The van der Waals surface area contributed by atoms with Gasteiger partial charge in [0.15, 0.2) is 0 Å². The summed E-state index contributed by atoms with van der Waals surface area (Å²) in [5.41, 5.74) is 1.82. The lowest BCUT2D eigenvalue weighted by Crippen LogP contribution is -2.11. The first-order valence-corrected chi connectivity index (χ1v) is 6.12. The zero-order valence-electron chi connectivity index (χ0n) is 9.16. The smallest absolute Gasteiger partial charge is 0.126 e. The van der Waals surface area contributed by atoms with Crippen LogP contribution in [0.4, 0.5) is 4.39 Å². The number of rotatable bonds is 4. The van der Waals surface area contributed by atoms with Crippen LogP contribution in [0.3, 0.4) is 0 Å². The second-order valence-corrected chi connectivity index (χ2v) is 4.80. The Hall–Kier alpha value is -1.19. The van der Waals surface area contributed by atoms with Crippen LogP contribution in [0.15, 0.2) is 35.7 Å². The highest BCUT2D eigenvalue weighted by molar-refractivity contribution is 7.09. The van der Waals surface area contributed by atoms with E-state index in [-0.39, 0.29) is 5.82 Å². The van der Waals surface area contributed by atoms with Gasteiger partial charge in [0.1, 0.15) is 5.82 Å². The fourth-order valence-electron chi connectivity index (χ4n) is 1.56. The van der Waals surface area contributed by atoms with E-state index in [1.807, 2.05) is 18.2 Å². The van der Waals surface area contributed by atoms with Gasteiger partial charge in [0.05, 0.1) is 0 Å². The highest BCUT2D eigenvalue weighted by Gasteiger charge is 1.99. The topological polar surface area (TPSA) is 12.0 Å². The third kappa shape index (κ3) is 2.90. The zero-order chi connectivity index (χ0) is 11.4. The number of aryl methyl sites for hydroxylation is 1. The van der Waals surface area contributed by atoms with Crippen molar-refractivity contribution < 1.29 is 4.39 Å². The monoisotopic (exact) mass is 235 g/mol. The second kappa shape index (κ2) is 5.23. The minimum absolute atomic E-state index is 0.137. The van der Waals surface area contributed by atoms with Crippen molar-refractivity contribution in [2.75, 3.05) is 0 Å². The van der Waals surface area contributed by atoms with E-state index in [1.54, 1.807) is 18.3 Å². The Morgan fingerprint density at radius 1 is 1.25 bits per heavy atom. The van der Waals surface area contributed by atoms with Crippen molar-refractivity contribution in [3.05, 3.63) is 57.5 Å². The molecule has 1 nitrogen and oxygen atoms in total. The molecule has 0 aliphatic carbocycles. The van der Waals surface area contributed by atoms with Crippen LogP contribution in [-0.4, -0.2) is 0 Å². The molecule has 1 aromatic carbocycles. The lowest BCUT2D eigenvalue weighted by molar-refractivity contribution is 0.615. The Labute approximate surface area is 98.9 Å². The van der Waals surface area contributed by atoms with Crippen LogP contribution >= 0.6 is 11.3 Å². The summed E-state index contributed by atoms with van der Waals surface area (Å²) in [5, 5.41) is 5.41. The Balaban J connectivity index is 1.87. The summed E-state index contributed by atoms with van der Waals surface area (Å²) in [6, 6.07) is 9.38. The maximum absolute atomic E-state index is 13.0. The van der Waals surface area contributed by atoms with Crippen molar-refractivity contribution in [3.63, 3.8) is 0 Å². The molecular weight excluding hydrogens is 221 g/mol. The number of hydrogen-bond acceptors (Lipinski definition) is 2. The van der Waals surface area contributed by atoms with Crippen LogP contribution in [0.2, 0.25) is 0 Å². The van der Waals surface area contributed by atoms with Gasteiger partial charge in [-0.05, 0) is 35.6 Å². The van der Waals surface area contributed by atoms with E-state index in [0.717, 1.165) is 18.7 Å². The van der Waals surface area contributed by atoms with Crippen molar-refractivity contribution in [3.8, 4) is 0 Å². The van der Waals surface area contributed by atoms with Crippen molar-refractivity contribution in [2.24, 2.45) is 0 Å². The molecule has 0 atom stereocenters. The molecule has 0 saturated heterocycles. The molecule has 0 fully saturated rings. The minimum Gasteiger partial charge on any atom is -0.308 e. The molecule has 0 amide bonds. The number of thiophene rings is 1. The van der Waals surface area contributed by atoms with Crippen LogP contribution < -0.4 is 5.32 Å². The van der Waals surface area contributed by atoms with E-state index in [2.05, 4.69) is 16.8 Å². The van der Waals surface area contributed by atoms with E-state index in [1.165, 1.54) is 10.9 Å². The molecule has 16 heavy (non-hydrogen) atoms. The number of benzene rings is 1. The summed E-state index contributed by atoms with van der Waals surface area (Å²) in [5.74, 6) is -0.137. The minimum atomic E-state index is -0.137. The van der Waals surface area contributed by atoms with Gasteiger partial charge in [0.25, 0.3) is 0 Å². The quantitative estimate of drug-likeness (QED) is 0.855. The lowest BCUT2D eigenvalue weighted by atomic mass is 10.1. The van der Waals surface area contributed by atoms with Crippen molar-refractivity contribution in [1.82, 2.24) is 5.32 Å². The molecule has 1 N–H and O–H groups in total. The van der Waals surface area contributed by atoms with Gasteiger partial charge in [-0.3, -0.25) is 0 Å². The van der Waals surface area contributed by atoms with Gasteiger partial charge in [-0.1, -0.05) is 18.2 Å². The SMILES string of the molecule is Cc1cc(CNCc2cccs2)ccc1F. The summed E-state index contributed by atoms with van der Waals surface area (Å²) in [7, 11) is 0. The summed E-state index contributed by atoms with van der Waals surface area (Å²) in [6.07, 6.45) is 0. The van der Waals surface area contributed by atoms with Gasteiger partial charge in [-0.15, -0.1) is 11.3 Å². The molecule has 1 heterocycles. The third-order valence-corrected chi connectivity index (χ3v) is 3.31. The normalized spacial score (nSPS) is 10.6. The average Bonchev–Trinajstić information content (AvgIpc) is 2.76. The van der Waals surface area contributed by atoms with E-state index in [4.69, 9.17) is 0 Å². The molecule has 84 valence electrons. The van der Waals surface area contributed by atoms with E-state index in [0.29, 0.717) is 5.56 Å². The largest absolute Gasteiger partial charge is 0.308 e. The van der Waals surface area contributed by atoms with E-state index in [9.17, 15) is 4.39 Å². The summed E-state index contributed by atoms with van der Waals surface area (Å²) < 4.78 is 13.0. The predicted octanol–water partition coefficient (Wildman–Crippen LogP) is 3.49. The van der Waals surface area contributed by atoms with E-state index >= 15 is 0 Å². The second-order valence-electron chi connectivity index (χ2n) is 3.77. The first-order chi connectivity index (χ1) is 7.75. The third-order valence-electron chi connectivity index (χ3n) is 2.43. The van der Waals surface area contributed by atoms with Crippen LogP contribution in [0.25, 0.3) is 0 Å². The van der Waals surface area contributed by atoms with Crippen LogP contribution in [-0.2, 0) is 13.1 Å². The van der Waals surface area contributed by atoms with E-state index < -0.39 is 0 Å². The maximum atomic E-state index is 13.0. The molecule has 1 aromatic heterocycles.